The first-order valence-corrected chi connectivity index (χ1v) is 9.21. The van der Waals surface area contributed by atoms with Crippen LogP contribution in [0, 0.1) is 0 Å². The number of nitrogens with zero attached hydrogens (tertiary/aromatic N) is 5. The van der Waals surface area contributed by atoms with Gasteiger partial charge < -0.3 is 19.3 Å². The van der Waals surface area contributed by atoms with Crippen LogP contribution in [0.1, 0.15) is 13.8 Å². The molecule has 1 saturated heterocycles. The topological polar surface area (TPSA) is 91.0 Å². The van der Waals surface area contributed by atoms with E-state index < -0.39 is 11.2 Å². The molecule has 23 heavy (non-hydrogen) atoms. The number of fused-ring (bicyclic) bond motifs is 1. The Morgan fingerprint density at radius 1 is 1.26 bits per heavy atom. The van der Waals surface area contributed by atoms with E-state index in [0.717, 1.165) is 32.1 Å². The zero-order valence-corrected chi connectivity index (χ0v) is 14.5. The fraction of sp³-hybridized carbons (Fsp3) is 0.643. The molecule has 0 spiro atoms. The lowest BCUT2D eigenvalue weighted by atomic mass is 10.4. The molecule has 0 radical (unpaired) electrons. The summed E-state index contributed by atoms with van der Waals surface area (Å²) in [5, 5.41) is 3.60. The Hall–Kier alpha value is -1.58. The van der Waals surface area contributed by atoms with E-state index in [2.05, 4.69) is 20.2 Å². The highest BCUT2D eigenvalue weighted by molar-refractivity contribution is 7.91. The SMILES string of the molecule is CCn1c(N2CCNCC2)nc2nc([S+]([O-])CC)n(C)c(=O)c21. The molecule has 9 heteroatoms. The van der Waals surface area contributed by atoms with Gasteiger partial charge in [-0.1, -0.05) is 0 Å². The highest BCUT2D eigenvalue weighted by atomic mass is 32.2. The van der Waals surface area contributed by atoms with E-state index in [-0.39, 0.29) is 10.7 Å². The first-order chi connectivity index (χ1) is 11.1. The van der Waals surface area contributed by atoms with Crippen LogP contribution in [0.3, 0.4) is 0 Å². The maximum Gasteiger partial charge on any atom is 0.327 e. The maximum atomic E-state index is 12.7. The second kappa shape index (κ2) is 6.50. The van der Waals surface area contributed by atoms with Crippen LogP contribution < -0.4 is 15.8 Å². The number of aromatic nitrogens is 4. The Labute approximate surface area is 137 Å². The summed E-state index contributed by atoms with van der Waals surface area (Å²) in [6.07, 6.45) is 0. The maximum absolute atomic E-state index is 12.7. The zero-order chi connectivity index (χ0) is 16.6. The van der Waals surface area contributed by atoms with Crippen LogP contribution in [-0.4, -0.2) is 55.6 Å². The normalized spacial score (nSPS) is 17.0. The zero-order valence-electron chi connectivity index (χ0n) is 13.7. The first kappa shape index (κ1) is 16.3. The summed E-state index contributed by atoms with van der Waals surface area (Å²) in [5.74, 6) is 1.19. The van der Waals surface area contributed by atoms with Gasteiger partial charge in [0, 0.05) is 50.9 Å². The lowest BCUT2D eigenvalue weighted by Crippen LogP contribution is -2.44. The van der Waals surface area contributed by atoms with Gasteiger partial charge in [-0.25, -0.2) is 0 Å². The minimum atomic E-state index is -1.29. The van der Waals surface area contributed by atoms with Crippen LogP contribution >= 0.6 is 0 Å². The molecule has 1 unspecified atom stereocenters. The molecule has 0 aliphatic carbocycles. The third-order valence-corrected chi connectivity index (χ3v) is 5.40. The van der Waals surface area contributed by atoms with Crippen molar-refractivity contribution in [2.75, 3.05) is 36.8 Å². The van der Waals surface area contributed by atoms with Gasteiger partial charge in [0.05, 0.1) is 0 Å². The monoisotopic (exact) mass is 338 g/mol. The number of aryl methyl sites for hydroxylation is 1. The van der Waals surface area contributed by atoms with Gasteiger partial charge in [0.1, 0.15) is 5.75 Å². The Morgan fingerprint density at radius 2 is 1.96 bits per heavy atom. The number of anilines is 1. The van der Waals surface area contributed by atoms with Crippen molar-refractivity contribution < 1.29 is 4.55 Å². The smallest absolute Gasteiger partial charge is 0.327 e. The van der Waals surface area contributed by atoms with Crippen LogP contribution in [0.4, 0.5) is 5.95 Å². The van der Waals surface area contributed by atoms with Crippen molar-refractivity contribution in [3.05, 3.63) is 10.4 Å². The van der Waals surface area contributed by atoms with Crippen LogP contribution in [0.15, 0.2) is 9.95 Å². The highest BCUT2D eigenvalue weighted by Gasteiger charge is 2.25. The van der Waals surface area contributed by atoms with E-state index in [4.69, 9.17) is 0 Å². The standard InChI is InChI=1S/C14H22N6O2S/c1-4-20-10-11(16-13(20)19-8-6-15-7-9-19)17-14(23(22)5-2)18(3)12(10)21/h15H,4-9H2,1-3H3. The molecule has 1 N–H and O–H groups in total. The van der Waals surface area contributed by atoms with E-state index in [9.17, 15) is 9.35 Å². The number of imidazole rings is 1. The Morgan fingerprint density at radius 3 is 2.57 bits per heavy atom. The molecule has 8 nitrogen and oxygen atoms in total. The van der Waals surface area contributed by atoms with Crippen molar-refractivity contribution in [2.24, 2.45) is 7.05 Å². The van der Waals surface area contributed by atoms with Crippen molar-refractivity contribution in [3.63, 3.8) is 0 Å². The van der Waals surface area contributed by atoms with Gasteiger partial charge in [0.2, 0.25) is 5.95 Å². The summed E-state index contributed by atoms with van der Waals surface area (Å²) in [6, 6.07) is 0. The number of hydrogen-bond acceptors (Lipinski definition) is 6. The first-order valence-electron chi connectivity index (χ1n) is 7.89. The van der Waals surface area contributed by atoms with Crippen molar-refractivity contribution >= 4 is 28.3 Å². The summed E-state index contributed by atoms with van der Waals surface area (Å²) in [4.78, 5) is 23.9. The summed E-state index contributed by atoms with van der Waals surface area (Å²) in [6.45, 7) is 7.91. The van der Waals surface area contributed by atoms with Crippen molar-refractivity contribution in [2.45, 2.75) is 25.5 Å². The predicted molar refractivity (Wildman–Crippen MR) is 90.5 cm³/mol. The molecule has 0 amide bonds. The van der Waals surface area contributed by atoms with Gasteiger partial charge in [-0.15, -0.1) is 0 Å². The third kappa shape index (κ3) is 2.73. The van der Waals surface area contributed by atoms with Crippen LogP contribution in [0.2, 0.25) is 0 Å². The lowest BCUT2D eigenvalue weighted by Gasteiger charge is -2.28. The second-order valence-corrected chi connectivity index (χ2v) is 7.09. The van der Waals surface area contributed by atoms with Gasteiger partial charge >= 0.3 is 5.16 Å². The van der Waals surface area contributed by atoms with Crippen molar-refractivity contribution in [1.82, 2.24) is 24.4 Å². The Balaban J connectivity index is 2.20. The van der Waals surface area contributed by atoms with E-state index in [0.29, 0.717) is 23.5 Å². The third-order valence-electron chi connectivity index (χ3n) is 4.11. The Kier molecular flexibility index (Phi) is 4.60. The molecule has 2 aromatic heterocycles. The van der Waals surface area contributed by atoms with E-state index in [1.165, 1.54) is 4.57 Å². The lowest BCUT2D eigenvalue weighted by molar-refractivity contribution is 0.568. The molecule has 0 aromatic carbocycles. The molecule has 0 saturated carbocycles. The van der Waals surface area contributed by atoms with E-state index in [1.807, 2.05) is 18.4 Å². The Bertz CT molecular complexity index is 765. The van der Waals surface area contributed by atoms with E-state index in [1.54, 1.807) is 7.05 Å². The summed E-state index contributed by atoms with van der Waals surface area (Å²) in [5.41, 5.74) is 0.684. The summed E-state index contributed by atoms with van der Waals surface area (Å²) >= 11 is -1.29. The van der Waals surface area contributed by atoms with E-state index >= 15 is 0 Å². The molecular weight excluding hydrogens is 316 g/mol. The predicted octanol–water partition coefficient (Wildman–Crippen LogP) is -0.313. The summed E-state index contributed by atoms with van der Waals surface area (Å²) in [7, 11) is 1.62. The second-order valence-electron chi connectivity index (χ2n) is 5.46. The van der Waals surface area contributed by atoms with Gasteiger partial charge in [-0.2, -0.15) is 9.97 Å². The fourth-order valence-electron chi connectivity index (χ4n) is 2.87. The molecule has 3 heterocycles. The molecule has 1 aliphatic rings. The highest BCUT2D eigenvalue weighted by Crippen LogP contribution is 2.21. The van der Waals surface area contributed by atoms with Crippen molar-refractivity contribution in [3.8, 4) is 0 Å². The van der Waals surface area contributed by atoms with Gasteiger partial charge in [-0.05, 0) is 13.8 Å². The van der Waals surface area contributed by atoms with Crippen LogP contribution in [0.25, 0.3) is 11.2 Å². The van der Waals surface area contributed by atoms with Gasteiger partial charge in [0.15, 0.2) is 11.2 Å². The van der Waals surface area contributed by atoms with Crippen molar-refractivity contribution in [1.29, 1.82) is 0 Å². The fourth-order valence-corrected chi connectivity index (χ4v) is 3.70. The number of rotatable bonds is 4. The molecule has 1 aliphatic heterocycles. The average Bonchev–Trinajstić information content (AvgIpc) is 2.96. The molecular formula is C14H22N6O2S. The largest absolute Gasteiger partial charge is 0.609 e. The molecule has 3 rings (SSSR count). The van der Waals surface area contributed by atoms with Gasteiger partial charge in [0.25, 0.3) is 5.56 Å². The quantitative estimate of drug-likeness (QED) is 0.607. The van der Waals surface area contributed by atoms with Crippen LogP contribution in [-0.2, 0) is 24.8 Å². The molecule has 1 atom stereocenters. The molecule has 0 bridgehead atoms. The number of hydrogen-bond donors (Lipinski definition) is 1. The minimum absolute atomic E-state index is 0.192. The summed E-state index contributed by atoms with van der Waals surface area (Å²) < 4.78 is 15.4. The molecule has 1 fully saturated rings. The number of piperazine rings is 1. The van der Waals surface area contributed by atoms with Gasteiger partial charge in [-0.3, -0.25) is 9.36 Å². The average molecular weight is 338 g/mol. The molecule has 126 valence electrons. The van der Waals surface area contributed by atoms with Crippen LogP contribution in [0.5, 0.6) is 0 Å². The minimum Gasteiger partial charge on any atom is -0.609 e. The number of nitrogens with one attached hydrogen (secondary N) is 1. The molecule has 2 aromatic rings.